The number of hydrogen-bond acceptors (Lipinski definition) is 2. The second-order valence-corrected chi connectivity index (χ2v) is 3.29. The van der Waals surface area contributed by atoms with Crippen molar-refractivity contribution in [2.24, 2.45) is 5.73 Å². The molecule has 0 heterocycles. The third-order valence-electron chi connectivity index (χ3n) is 1.92. The number of benzene rings is 1. The molecule has 13 heavy (non-hydrogen) atoms. The molecule has 72 valence electrons. The van der Waals surface area contributed by atoms with Gasteiger partial charge < -0.3 is 10.8 Å². The van der Waals surface area contributed by atoms with E-state index in [2.05, 4.69) is 0 Å². The predicted octanol–water partition coefficient (Wildman–Crippen LogP) is 1.78. The summed E-state index contributed by atoms with van der Waals surface area (Å²) in [6.07, 6.45) is 0. The van der Waals surface area contributed by atoms with Crippen LogP contribution < -0.4 is 5.73 Å². The number of aliphatic hydroxyl groups excluding tert-OH is 1. The monoisotopic (exact) mass is 203 g/mol. The molecule has 0 aliphatic carbocycles. The van der Waals surface area contributed by atoms with Crippen LogP contribution in [0.5, 0.6) is 0 Å². The Morgan fingerprint density at radius 1 is 1.62 bits per heavy atom. The number of halogens is 2. The van der Waals surface area contributed by atoms with E-state index < -0.39 is 11.9 Å². The Morgan fingerprint density at radius 3 is 2.77 bits per heavy atom. The third kappa shape index (κ3) is 1.99. The minimum atomic E-state index is -0.710. The van der Waals surface area contributed by atoms with Crippen molar-refractivity contribution in [2.45, 2.75) is 13.0 Å². The quantitative estimate of drug-likeness (QED) is 0.770. The molecule has 0 aromatic heterocycles. The fourth-order valence-corrected chi connectivity index (χ4v) is 1.37. The molecule has 1 atom stereocenters. The fourth-order valence-electron chi connectivity index (χ4n) is 1.21. The summed E-state index contributed by atoms with van der Waals surface area (Å²) in [5, 5.41) is 8.83. The van der Waals surface area contributed by atoms with Crippen molar-refractivity contribution in [3.05, 3.63) is 34.1 Å². The first-order valence-corrected chi connectivity index (χ1v) is 4.26. The van der Waals surface area contributed by atoms with Gasteiger partial charge in [-0.15, -0.1) is 0 Å². The molecule has 1 aromatic carbocycles. The summed E-state index contributed by atoms with van der Waals surface area (Å²) >= 11 is 5.57. The van der Waals surface area contributed by atoms with Crippen LogP contribution in [0.1, 0.15) is 17.2 Å². The Kier molecular flexibility index (Phi) is 3.25. The van der Waals surface area contributed by atoms with Gasteiger partial charge in [-0.25, -0.2) is 4.39 Å². The molecule has 1 aromatic rings. The molecular weight excluding hydrogens is 193 g/mol. The first-order chi connectivity index (χ1) is 6.07. The van der Waals surface area contributed by atoms with E-state index in [-0.39, 0.29) is 17.2 Å². The van der Waals surface area contributed by atoms with Gasteiger partial charge in [0.15, 0.2) is 0 Å². The summed E-state index contributed by atoms with van der Waals surface area (Å²) < 4.78 is 13.4. The zero-order chi connectivity index (χ0) is 10.0. The Balaban J connectivity index is 3.25. The largest absolute Gasteiger partial charge is 0.394 e. The number of aryl methyl sites for hydroxylation is 1. The van der Waals surface area contributed by atoms with Crippen LogP contribution in [-0.2, 0) is 0 Å². The zero-order valence-corrected chi connectivity index (χ0v) is 7.98. The van der Waals surface area contributed by atoms with Crippen molar-refractivity contribution in [3.8, 4) is 0 Å². The van der Waals surface area contributed by atoms with Crippen molar-refractivity contribution in [1.82, 2.24) is 0 Å². The number of rotatable bonds is 2. The smallest absolute Gasteiger partial charge is 0.146 e. The molecule has 0 saturated carbocycles. The van der Waals surface area contributed by atoms with E-state index in [1.807, 2.05) is 0 Å². The minimum Gasteiger partial charge on any atom is -0.394 e. The highest BCUT2D eigenvalue weighted by Gasteiger charge is 2.15. The maximum atomic E-state index is 13.4. The highest BCUT2D eigenvalue weighted by Crippen LogP contribution is 2.25. The molecule has 4 heteroatoms. The maximum Gasteiger partial charge on any atom is 0.146 e. The highest BCUT2D eigenvalue weighted by molar-refractivity contribution is 6.30. The lowest BCUT2D eigenvalue weighted by Gasteiger charge is -2.13. The minimum absolute atomic E-state index is 0.0319. The number of nitrogens with two attached hydrogens (primary N) is 1. The molecule has 2 nitrogen and oxygen atoms in total. The SMILES string of the molecule is Cc1ccc(Cl)c(F)c1[C@@H](N)CO. The van der Waals surface area contributed by atoms with E-state index in [1.54, 1.807) is 13.0 Å². The Morgan fingerprint density at radius 2 is 2.23 bits per heavy atom. The fraction of sp³-hybridized carbons (Fsp3) is 0.333. The highest BCUT2D eigenvalue weighted by atomic mass is 35.5. The first-order valence-electron chi connectivity index (χ1n) is 3.89. The van der Waals surface area contributed by atoms with Crippen LogP contribution in [0.4, 0.5) is 4.39 Å². The zero-order valence-electron chi connectivity index (χ0n) is 7.22. The standard InChI is InChI=1S/C9H11ClFNO/c1-5-2-3-6(10)9(11)8(5)7(12)4-13/h2-3,7,13H,4,12H2,1H3/t7-/m0/s1. The van der Waals surface area contributed by atoms with Gasteiger partial charge in [0, 0.05) is 5.56 Å². The van der Waals surface area contributed by atoms with Gasteiger partial charge in [-0.3, -0.25) is 0 Å². The Labute approximate surface area is 81.1 Å². The van der Waals surface area contributed by atoms with E-state index in [0.717, 1.165) is 0 Å². The third-order valence-corrected chi connectivity index (χ3v) is 2.21. The van der Waals surface area contributed by atoms with Gasteiger partial charge >= 0.3 is 0 Å². The molecule has 0 aliphatic heterocycles. The van der Waals surface area contributed by atoms with E-state index >= 15 is 0 Å². The average molecular weight is 204 g/mol. The molecule has 0 amide bonds. The van der Waals surface area contributed by atoms with Crippen LogP contribution in [0.15, 0.2) is 12.1 Å². The summed E-state index contributed by atoms with van der Waals surface area (Å²) in [6.45, 7) is 1.43. The van der Waals surface area contributed by atoms with Gasteiger partial charge in [-0.1, -0.05) is 17.7 Å². The first kappa shape index (κ1) is 10.4. The van der Waals surface area contributed by atoms with Gasteiger partial charge in [-0.05, 0) is 18.6 Å². The van der Waals surface area contributed by atoms with Gasteiger partial charge in [0.25, 0.3) is 0 Å². The molecule has 3 N–H and O–H groups in total. The molecule has 0 bridgehead atoms. The number of hydrogen-bond donors (Lipinski definition) is 2. The lowest BCUT2D eigenvalue weighted by atomic mass is 10.0. The lowest BCUT2D eigenvalue weighted by Crippen LogP contribution is -2.17. The molecule has 0 saturated heterocycles. The summed E-state index contributed by atoms with van der Waals surface area (Å²) in [7, 11) is 0. The molecule has 0 spiro atoms. The van der Waals surface area contributed by atoms with Crippen molar-refractivity contribution >= 4 is 11.6 Å². The molecular formula is C9H11ClFNO. The Bertz CT molecular complexity index is 317. The lowest BCUT2D eigenvalue weighted by molar-refractivity contribution is 0.265. The van der Waals surface area contributed by atoms with Crippen LogP contribution in [-0.4, -0.2) is 11.7 Å². The summed E-state index contributed by atoms with van der Waals surface area (Å²) in [5.74, 6) is -0.539. The van der Waals surface area contributed by atoms with E-state index in [4.69, 9.17) is 22.4 Å². The van der Waals surface area contributed by atoms with Crippen molar-refractivity contribution in [1.29, 1.82) is 0 Å². The summed E-state index contributed by atoms with van der Waals surface area (Å²) in [5.41, 5.74) is 6.50. The maximum absolute atomic E-state index is 13.4. The average Bonchev–Trinajstić information content (AvgIpc) is 2.12. The van der Waals surface area contributed by atoms with Crippen molar-refractivity contribution in [3.63, 3.8) is 0 Å². The molecule has 0 fully saturated rings. The molecule has 0 unspecified atom stereocenters. The van der Waals surface area contributed by atoms with Crippen LogP contribution >= 0.6 is 11.6 Å². The van der Waals surface area contributed by atoms with E-state index in [0.29, 0.717) is 5.56 Å². The van der Waals surface area contributed by atoms with Crippen LogP contribution in [0, 0.1) is 12.7 Å². The van der Waals surface area contributed by atoms with Gasteiger partial charge in [0.05, 0.1) is 17.7 Å². The molecule has 0 aliphatic rings. The molecule has 0 radical (unpaired) electrons. The van der Waals surface area contributed by atoms with Gasteiger partial charge in [0.2, 0.25) is 0 Å². The molecule has 1 rings (SSSR count). The van der Waals surface area contributed by atoms with Crippen LogP contribution in [0.2, 0.25) is 5.02 Å². The topological polar surface area (TPSA) is 46.2 Å². The number of aliphatic hydroxyl groups is 1. The second kappa shape index (κ2) is 4.05. The van der Waals surface area contributed by atoms with Crippen LogP contribution in [0.25, 0.3) is 0 Å². The second-order valence-electron chi connectivity index (χ2n) is 2.88. The van der Waals surface area contributed by atoms with Crippen LogP contribution in [0.3, 0.4) is 0 Å². The summed E-state index contributed by atoms with van der Waals surface area (Å²) in [6, 6.07) is 2.44. The van der Waals surface area contributed by atoms with Gasteiger partial charge in [0.1, 0.15) is 5.82 Å². The normalized spacial score (nSPS) is 13.0. The predicted molar refractivity (Wildman–Crippen MR) is 50.2 cm³/mol. The summed E-state index contributed by atoms with van der Waals surface area (Å²) in [4.78, 5) is 0. The van der Waals surface area contributed by atoms with E-state index in [9.17, 15) is 4.39 Å². The van der Waals surface area contributed by atoms with Crippen molar-refractivity contribution in [2.75, 3.05) is 6.61 Å². The van der Waals surface area contributed by atoms with E-state index in [1.165, 1.54) is 6.07 Å². The van der Waals surface area contributed by atoms with Crippen molar-refractivity contribution < 1.29 is 9.50 Å². The Hall–Kier alpha value is -0.640. The van der Waals surface area contributed by atoms with Gasteiger partial charge in [-0.2, -0.15) is 0 Å².